The highest BCUT2D eigenvalue weighted by molar-refractivity contribution is 6.14. The number of rotatable bonds is 6. The van der Waals surface area contributed by atoms with Gasteiger partial charge in [-0.3, -0.25) is 19.8 Å². The number of methoxy groups -OCH3 is 2. The Hall–Kier alpha value is -3.10. The summed E-state index contributed by atoms with van der Waals surface area (Å²) in [6, 6.07) is 2.04. The minimum atomic E-state index is -0.598. The van der Waals surface area contributed by atoms with Crippen LogP contribution < -0.4 is 14.8 Å². The van der Waals surface area contributed by atoms with Gasteiger partial charge in [0.05, 0.1) is 30.8 Å². The Kier molecular flexibility index (Phi) is 5.02. The van der Waals surface area contributed by atoms with Gasteiger partial charge in [0.2, 0.25) is 0 Å². The number of nitrogens with one attached hydrogen (secondary N) is 1. The van der Waals surface area contributed by atoms with Crippen molar-refractivity contribution in [1.29, 1.82) is 0 Å². The first-order chi connectivity index (χ1) is 11.4. The maximum absolute atomic E-state index is 12.2. The molecule has 1 fully saturated rings. The zero-order valence-corrected chi connectivity index (χ0v) is 13.5. The Bertz CT molecular complexity index is 728. The van der Waals surface area contributed by atoms with E-state index in [-0.39, 0.29) is 35.0 Å². The fourth-order valence-corrected chi connectivity index (χ4v) is 2.31. The number of benzene rings is 1. The van der Waals surface area contributed by atoms with Gasteiger partial charge in [-0.2, -0.15) is 0 Å². The van der Waals surface area contributed by atoms with Crippen molar-refractivity contribution in [1.82, 2.24) is 10.2 Å². The molecule has 0 unspecified atom stereocenters. The lowest BCUT2D eigenvalue weighted by molar-refractivity contribution is -0.385. The highest BCUT2D eigenvalue weighted by Crippen LogP contribution is 2.35. The molecule has 0 atom stereocenters. The SMILES string of the molecule is CCCN1C(=O)N/C(=C/c2cc(OC)c(OC)cc2[N+](=O)[O-])C1=O. The molecule has 0 bridgehead atoms. The molecular weight excluding hydrogens is 318 g/mol. The normalized spacial score (nSPS) is 15.6. The second-order valence-electron chi connectivity index (χ2n) is 4.97. The molecule has 1 saturated heterocycles. The molecule has 1 heterocycles. The van der Waals surface area contributed by atoms with Crippen molar-refractivity contribution in [2.75, 3.05) is 20.8 Å². The predicted octanol–water partition coefficient (Wildman–Crippen LogP) is 1.91. The van der Waals surface area contributed by atoms with E-state index in [4.69, 9.17) is 9.47 Å². The molecule has 0 aliphatic carbocycles. The molecule has 1 aliphatic rings. The van der Waals surface area contributed by atoms with E-state index in [2.05, 4.69) is 5.32 Å². The molecule has 9 nitrogen and oxygen atoms in total. The van der Waals surface area contributed by atoms with Crippen molar-refractivity contribution in [3.05, 3.63) is 33.5 Å². The molecule has 3 amide bonds. The minimum absolute atomic E-state index is 0.0243. The molecule has 1 aromatic carbocycles. The van der Waals surface area contributed by atoms with Gasteiger partial charge in [-0.1, -0.05) is 6.92 Å². The molecule has 1 N–H and O–H groups in total. The van der Waals surface area contributed by atoms with Crippen LogP contribution in [-0.2, 0) is 4.79 Å². The first-order valence-electron chi connectivity index (χ1n) is 7.17. The van der Waals surface area contributed by atoms with Crippen molar-refractivity contribution < 1.29 is 24.0 Å². The molecule has 2 rings (SSSR count). The van der Waals surface area contributed by atoms with Crippen LogP contribution >= 0.6 is 0 Å². The van der Waals surface area contributed by atoms with E-state index in [1.54, 1.807) is 0 Å². The van der Waals surface area contributed by atoms with Gasteiger partial charge in [-0.15, -0.1) is 0 Å². The highest BCUT2D eigenvalue weighted by Gasteiger charge is 2.33. The first kappa shape index (κ1) is 17.3. The number of amides is 3. The third-order valence-electron chi connectivity index (χ3n) is 3.44. The number of imide groups is 1. The number of hydrogen-bond donors (Lipinski definition) is 1. The number of nitrogens with zero attached hydrogens (tertiary/aromatic N) is 2. The zero-order valence-electron chi connectivity index (χ0n) is 13.5. The number of urea groups is 1. The van der Waals surface area contributed by atoms with Crippen LogP contribution in [0, 0.1) is 10.1 Å². The van der Waals surface area contributed by atoms with E-state index >= 15 is 0 Å². The van der Waals surface area contributed by atoms with Gasteiger partial charge in [0, 0.05) is 6.54 Å². The van der Waals surface area contributed by atoms with E-state index in [9.17, 15) is 19.7 Å². The van der Waals surface area contributed by atoms with Crippen LogP contribution in [0.15, 0.2) is 17.8 Å². The van der Waals surface area contributed by atoms with Crippen LogP contribution in [0.5, 0.6) is 11.5 Å². The average Bonchev–Trinajstić information content (AvgIpc) is 2.82. The lowest BCUT2D eigenvalue weighted by Crippen LogP contribution is -2.31. The smallest absolute Gasteiger partial charge is 0.329 e. The third-order valence-corrected chi connectivity index (χ3v) is 3.44. The third kappa shape index (κ3) is 3.14. The lowest BCUT2D eigenvalue weighted by atomic mass is 10.1. The van der Waals surface area contributed by atoms with Crippen molar-refractivity contribution in [2.45, 2.75) is 13.3 Å². The van der Waals surface area contributed by atoms with Crippen LogP contribution in [-0.4, -0.2) is 42.5 Å². The summed E-state index contributed by atoms with van der Waals surface area (Å²) in [7, 11) is 2.76. The Morgan fingerprint density at radius 1 is 1.25 bits per heavy atom. The van der Waals surface area contributed by atoms with E-state index in [1.165, 1.54) is 32.4 Å². The summed E-state index contributed by atoms with van der Waals surface area (Å²) in [4.78, 5) is 35.7. The van der Waals surface area contributed by atoms with E-state index in [0.717, 1.165) is 4.90 Å². The van der Waals surface area contributed by atoms with Crippen molar-refractivity contribution in [3.63, 3.8) is 0 Å². The van der Waals surface area contributed by atoms with Crippen molar-refractivity contribution >= 4 is 23.7 Å². The van der Waals surface area contributed by atoms with Crippen LogP contribution in [0.4, 0.5) is 10.5 Å². The van der Waals surface area contributed by atoms with Gasteiger partial charge >= 0.3 is 6.03 Å². The Balaban J connectivity index is 2.50. The minimum Gasteiger partial charge on any atom is -0.493 e. The lowest BCUT2D eigenvalue weighted by Gasteiger charge is -2.09. The molecule has 0 aromatic heterocycles. The van der Waals surface area contributed by atoms with Crippen molar-refractivity contribution in [2.24, 2.45) is 0 Å². The fourth-order valence-electron chi connectivity index (χ4n) is 2.31. The first-order valence-corrected chi connectivity index (χ1v) is 7.17. The molecule has 0 radical (unpaired) electrons. The number of nitro benzene ring substituents is 1. The number of carbonyl (C=O) groups excluding carboxylic acids is 2. The molecular formula is C15H17N3O6. The number of ether oxygens (including phenoxy) is 2. The molecule has 0 spiro atoms. The van der Waals surface area contributed by atoms with Gasteiger partial charge < -0.3 is 14.8 Å². The van der Waals surface area contributed by atoms with E-state index < -0.39 is 16.9 Å². The summed E-state index contributed by atoms with van der Waals surface area (Å²) in [5, 5.41) is 13.7. The summed E-state index contributed by atoms with van der Waals surface area (Å²) in [5.74, 6) is -0.0520. The molecule has 1 aromatic rings. The van der Waals surface area contributed by atoms with Gasteiger partial charge in [-0.25, -0.2) is 4.79 Å². The largest absolute Gasteiger partial charge is 0.493 e. The van der Waals surface area contributed by atoms with Crippen LogP contribution in [0.25, 0.3) is 6.08 Å². The number of hydrogen-bond acceptors (Lipinski definition) is 6. The highest BCUT2D eigenvalue weighted by atomic mass is 16.6. The van der Waals surface area contributed by atoms with Crippen molar-refractivity contribution in [3.8, 4) is 11.5 Å². The van der Waals surface area contributed by atoms with Crippen LogP contribution in [0.1, 0.15) is 18.9 Å². The predicted molar refractivity (Wildman–Crippen MR) is 84.7 cm³/mol. The summed E-state index contributed by atoms with van der Waals surface area (Å²) in [6.45, 7) is 2.11. The molecule has 24 heavy (non-hydrogen) atoms. The number of nitro groups is 1. The Morgan fingerprint density at radius 3 is 2.42 bits per heavy atom. The second kappa shape index (κ2) is 6.99. The maximum Gasteiger partial charge on any atom is 0.329 e. The van der Waals surface area contributed by atoms with Gasteiger partial charge in [0.15, 0.2) is 11.5 Å². The van der Waals surface area contributed by atoms with Gasteiger partial charge in [0.25, 0.3) is 11.6 Å². The molecule has 0 saturated carbocycles. The summed E-state index contributed by atoms with van der Waals surface area (Å²) < 4.78 is 10.2. The molecule has 128 valence electrons. The second-order valence-corrected chi connectivity index (χ2v) is 4.97. The monoisotopic (exact) mass is 335 g/mol. The number of carbonyl (C=O) groups is 2. The van der Waals surface area contributed by atoms with E-state index in [0.29, 0.717) is 6.42 Å². The summed E-state index contributed by atoms with van der Waals surface area (Å²) in [5.41, 5.74) is -0.167. The molecule has 1 aliphatic heterocycles. The van der Waals surface area contributed by atoms with E-state index in [1.807, 2.05) is 6.92 Å². The van der Waals surface area contributed by atoms with Gasteiger partial charge in [0.1, 0.15) is 5.70 Å². The summed E-state index contributed by atoms with van der Waals surface area (Å²) >= 11 is 0. The fraction of sp³-hybridized carbons (Fsp3) is 0.333. The van der Waals surface area contributed by atoms with Gasteiger partial charge in [-0.05, 0) is 18.6 Å². The Morgan fingerprint density at radius 2 is 1.88 bits per heavy atom. The zero-order chi connectivity index (χ0) is 17.9. The molecule has 9 heteroatoms. The topological polar surface area (TPSA) is 111 Å². The van der Waals surface area contributed by atoms with Crippen LogP contribution in [0.3, 0.4) is 0 Å². The average molecular weight is 335 g/mol. The maximum atomic E-state index is 12.2. The Labute approximate surface area is 138 Å². The quantitative estimate of drug-likeness (QED) is 0.368. The van der Waals surface area contributed by atoms with Crippen LogP contribution in [0.2, 0.25) is 0 Å². The standard InChI is InChI=1S/C15H17N3O6/c1-4-5-17-14(19)10(16-15(17)20)6-9-7-12(23-2)13(24-3)8-11(9)18(21)22/h6-8H,4-5H2,1-3H3,(H,16,20)/b10-6+. The summed E-state index contributed by atoms with van der Waals surface area (Å²) in [6.07, 6.45) is 1.87.